The van der Waals surface area contributed by atoms with Crippen molar-refractivity contribution in [1.82, 2.24) is 0 Å². The van der Waals surface area contributed by atoms with Crippen LogP contribution in [0.5, 0.6) is 0 Å². The van der Waals surface area contributed by atoms with Crippen LogP contribution in [0.25, 0.3) is 0 Å². The van der Waals surface area contributed by atoms with E-state index < -0.39 is 0 Å². The van der Waals surface area contributed by atoms with Gasteiger partial charge in [0.2, 0.25) is 0 Å². The van der Waals surface area contributed by atoms with E-state index in [0.29, 0.717) is 0 Å². The highest BCUT2D eigenvalue weighted by Gasteiger charge is 2.52. The Labute approximate surface area is 81.1 Å². The number of hydrogen-bond acceptors (Lipinski definition) is 0. The maximum Gasteiger partial charge on any atom is -0.0329 e. The zero-order chi connectivity index (χ0) is 8.41. The minimum atomic E-state index is 1.18. The van der Waals surface area contributed by atoms with Gasteiger partial charge in [0.25, 0.3) is 0 Å². The van der Waals surface area contributed by atoms with Crippen molar-refractivity contribution in [3.05, 3.63) is 0 Å². The summed E-state index contributed by atoms with van der Waals surface area (Å²) in [5.41, 5.74) is 0. The predicted molar refractivity (Wildman–Crippen MR) is 53.3 cm³/mol. The first-order valence-electron chi connectivity index (χ1n) is 6.40. The zero-order valence-electron chi connectivity index (χ0n) is 8.41. The first kappa shape index (κ1) is 7.31. The van der Waals surface area contributed by atoms with Gasteiger partial charge in [-0.1, -0.05) is 0 Å². The third-order valence-corrected chi connectivity index (χ3v) is 5.47. The van der Waals surface area contributed by atoms with Crippen molar-refractivity contribution in [2.75, 3.05) is 0 Å². The van der Waals surface area contributed by atoms with Crippen molar-refractivity contribution in [1.29, 1.82) is 0 Å². The van der Waals surface area contributed by atoms with E-state index in [1.165, 1.54) is 35.5 Å². The van der Waals surface area contributed by atoms with Gasteiger partial charge < -0.3 is 0 Å². The quantitative estimate of drug-likeness (QED) is 0.574. The van der Waals surface area contributed by atoms with Crippen molar-refractivity contribution in [3.63, 3.8) is 0 Å². The van der Waals surface area contributed by atoms with Crippen molar-refractivity contribution in [3.8, 4) is 0 Å². The highest BCUT2D eigenvalue weighted by Crippen LogP contribution is 2.61. The summed E-state index contributed by atoms with van der Waals surface area (Å²) >= 11 is 0. The molecule has 5 saturated carbocycles. The number of rotatable bonds is 1. The van der Waals surface area contributed by atoms with Crippen LogP contribution in [0.2, 0.25) is 0 Å². The Bertz CT molecular complexity index is 198. The van der Waals surface area contributed by atoms with Crippen molar-refractivity contribution in [2.24, 2.45) is 35.5 Å². The molecule has 0 spiro atoms. The lowest BCUT2D eigenvalue weighted by Crippen LogP contribution is -2.45. The first-order chi connectivity index (χ1) is 6.40. The smallest absolute Gasteiger partial charge is 0.0329 e. The fourth-order valence-electron chi connectivity index (χ4n) is 5.22. The van der Waals surface area contributed by atoms with E-state index in [1.54, 1.807) is 44.9 Å². The molecule has 0 nitrogen and oxygen atoms in total. The summed E-state index contributed by atoms with van der Waals surface area (Å²) in [6.07, 6.45) is 11.3. The molecule has 0 aromatic heterocycles. The van der Waals surface area contributed by atoms with Crippen LogP contribution >= 0.6 is 0 Å². The molecule has 0 atom stereocenters. The van der Waals surface area contributed by atoms with Crippen LogP contribution in [-0.2, 0) is 0 Å². The SMILES string of the molecule is C1C2CC3CC1CC(C2)C3C1CC1. The third-order valence-electron chi connectivity index (χ3n) is 5.47. The summed E-state index contributed by atoms with van der Waals surface area (Å²) in [4.78, 5) is 0. The molecule has 72 valence electrons. The Morgan fingerprint density at radius 1 is 0.538 bits per heavy atom. The van der Waals surface area contributed by atoms with Gasteiger partial charge in [0.1, 0.15) is 0 Å². The van der Waals surface area contributed by atoms with Crippen LogP contribution in [-0.4, -0.2) is 0 Å². The van der Waals surface area contributed by atoms with E-state index in [-0.39, 0.29) is 0 Å². The largest absolute Gasteiger partial charge is 0.0499 e. The molecular weight excluding hydrogens is 156 g/mol. The molecule has 0 radical (unpaired) electrons. The molecule has 0 heterocycles. The van der Waals surface area contributed by atoms with Gasteiger partial charge in [0.05, 0.1) is 0 Å². The van der Waals surface area contributed by atoms with Crippen LogP contribution < -0.4 is 0 Å². The summed E-state index contributed by atoms with van der Waals surface area (Å²) in [6.45, 7) is 0. The van der Waals surface area contributed by atoms with Gasteiger partial charge in [-0.3, -0.25) is 0 Å². The van der Waals surface area contributed by atoms with Gasteiger partial charge in [-0.25, -0.2) is 0 Å². The zero-order valence-corrected chi connectivity index (χ0v) is 8.41. The summed E-state index contributed by atoms with van der Waals surface area (Å²) in [6, 6.07) is 0. The Morgan fingerprint density at radius 3 is 1.54 bits per heavy atom. The van der Waals surface area contributed by atoms with Crippen LogP contribution in [0.15, 0.2) is 0 Å². The van der Waals surface area contributed by atoms with Crippen molar-refractivity contribution >= 4 is 0 Å². The van der Waals surface area contributed by atoms with E-state index in [9.17, 15) is 0 Å². The average molecular weight is 176 g/mol. The topological polar surface area (TPSA) is 0 Å². The first-order valence-corrected chi connectivity index (χ1v) is 6.40. The summed E-state index contributed by atoms with van der Waals surface area (Å²) in [5.74, 6) is 7.17. The van der Waals surface area contributed by atoms with Gasteiger partial charge in [0, 0.05) is 0 Å². The molecule has 5 fully saturated rings. The monoisotopic (exact) mass is 176 g/mol. The highest BCUT2D eigenvalue weighted by molar-refractivity contribution is 5.02. The minimum Gasteiger partial charge on any atom is -0.0499 e. The molecular formula is C13H20. The van der Waals surface area contributed by atoms with Crippen molar-refractivity contribution in [2.45, 2.75) is 44.9 Å². The second kappa shape index (κ2) is 2.32. The van der Waals surface area contributed by atoms with E-state index >= 15 is 0 Å². The van der Waals surface area contributed by atoms with E-state index in [0.717, 1.165) is 0 Å². The highest BCUT2D eigenvalue weighted by atomic mass is 14.6. The maximum atomic E-state index is 1.63. The minimum absolute atomic E-state index is 1.18. The molecule has 0 aromatic carbocycles. The van der Waals surface area contributed by atoms with E-state index in [1.807, 2.05) is 0 Å². The van der Waals surface area contributed by atoms with E-state index in [4.69, 9.17) is 0 Å². The Kier molecular flexibility index (Phi) is 1.31. The molecule has 0 saturated heterocycles. The lowest BCUT2D eigenvalue weighted by Gasteiger charge is -2.54. The molecule has 0 unspecified atom stereocenters. The molecule has 13 heavy (non-hydrogen) atoms. The van der Waals surface area contributed by atoms with Gasteiger partial charge in [-0.05, 0) is 80.5 Å². The fourth-order valence-corrected chi connectivity index (χ4v) is 5.22. The molecule has 0 aliphatic heterocycles. The lowest BCUT2D eigenvalue weighted by molar-refractivity contribution is -0.0456. The van der Waals surface area contributed by atoms with Crippen LogP contribution in [0.3, 0.4) is 0 Å². The molecule has 5 aliphatic carbocycles. The molecule has 0 N–H and O–H groups in total. The molecule has 0 amide bonds. The Balaban J connectivity index is 1.66. The number of hydrogen-bond donors (Lipinski definition) is 0. The summed E-state index contributed by atoms with van der Waals surface area (Å²) in [5, 5.41) is 0. The normalized spacial score (nSPS) is 58.6. The Morgan fingerprint density at radius 2 is 1.08 bits per heavy atom. The van der Waals surface area contributed by atoms with Crippen LogP contribution in [0, 0.1) is 35.5 Å². The van der Waals surface area contributed by atoms with Gasteiger partial charge in [0.15, 0.2) is 0 Å². The molecule has 5 aliphatic rings. The second-order valence-corrected chi connectivity index (χ2v) is 6.35. The van der Waals surface area contributed by atoms with Crippen LogP contribution in [0.1, 0.15) is 44.9 Å². The fraction of sp³-hybridized carbons (Fsp3) is 1.00. The Hall–Kier alpha value is 0. The van der Waals surface area contributed by atoms with Crippen LogP contribution in [0.4, 0.5) is 0 Å². The standard InChI is InChI=1S/C13H20/c1-2-10(1)13-11-4-8-3-9(6-11)7-12(13)5-8/h8-13H,1-7H2. The molecule has 0 heteroatoms. The van der Waals surface area contributed by atoms with Crippen molar-refractivity contribution < 1.29 is 0 Å². The lowest BCUT2D eigenvalue weighted by atomic mass is 9.51. The van der Waals surface area contributed by atoms with Gasteiger partial charge in [-0.15, -0.1) is 0 Å². The summed E-state index contributed by atoms with van der Waals surface area (Å²) < 4.78 is 0. The second-order valence-electron chi connectivity index (χ2n) is 6.35. The summed E-state index contributed by atoms with van der Waals surface area (Å²) in [7, 11) is 0. The van der Waals surface area contributed by atoms with Gasteiger partial charge >= 0.3 is 0 Å². The predicted octanol–water partition coefficient (Wildman–Crippen LogP) is 3.47. The molecule has 4 bridgehead atoms. The molecule has 0 aromatic rings. The maximum absolute atomic E-state index is 1.63. The third kappa shape index (κ3) is 0.980. The van der Waals surface area contributed by atoms with Gasteiger partial charge in [-0.2, -0.15) is 0 Å². The average Bonchev–Trinajstić information content (AvgIpc) is 2.85. The van der Waals surface area contributed by atoms with E-state index in [2.05, 4.69) is 0 Å². The molecule has 5 rings (SSSR count).